The van der Waals surface area contributed by atoms with Crippen LogP contribution in [0.5, 0.6) is 0 Å². The zero-order valence-corrected chi connectivity index (χ0v) is 20.0. The maximum Gasteiger partial charge on any atom is 0.270 e. The molecule has 6 nitrogen and oxygen atoms in total. The fraction of sp³-hybridized carbons (Fsp3) is 0.810. The Labute approximate surface area is 181 Å². The van der Waals surface area contributed by atoms with Gasteiger partial charge in [0.15, 0.2) is 0 Å². The quantitative estimate of drug-likeness (QED) is 0.344. The number of rotatable bonds is 17. The van der Waals surface area contributed by atoms with E-state index in [2.05, 4.69) is 31.1 Å². The number of carbonyl (C=O) groups is 1. The lowest BCUT2D eigenvalue weighted by Gasteiger charge is -2.21. The number of carbonyl (C=O) groups excluding carboxylic acids is 1. The molecule has 0 unspecified atom stereocenters. The lowest BCUT2D eigenvalue weighted by atomic mass is 10.1. The Bertz CT molecular complexity index is 674. The predicted octanol–water partition coefficient (Wildman–Crippen LogP) is 4.97. The summed E-state index contributed by atoms with van der Waals surface area (Å²) in [7, 11) is -3.31. The second-order valence-corrected chi connectivity index (χ2v) is 10.5. The van der Waals surface area contributed by atoms with Gasteiger partial charge in [0, 0.05) is 18.5 Å². The van der Waals surface area contributed by atoms with Crippen LogP contribution >= 0.6 is 11.3 Å². The summed E-state index contributed by atoms with van der Waals surface area (Å²) in [4.78, 5) is 16.5. The maximum atomic E-state index is 12.9. The van der Waals surface area contributed by atoms with Crippen LogP contribution in [0.4, 0.5) is 0 Å². The van der Waals surface area contributed by atoms with Crippen molar-refractivity contribution in [1.29, 1.82) is 0 Å². The number of hydrogen-bond donors (Lipinski definition) is 1. The molecule has 1 amide bonds. The second-order valence-electron chi connectivity index (χ2n) is 7.51. The first-order chi connectivity index (χ1) is 13.9. The van der Waals surface area contributed by atoms with Crippen LogP contribution in [0.1, 0.15) is 100 Å². The first kappa shape index (κ1) is 26.0. The highest BCUT2D eigenvalue weighted by atomic mass is 32.2. The molecule has 1 aromatic rings. The molecule has 1 N–H and O–H groups in total. The SMILES string of the molecule is CCCCCCCCS(=O)(=O)N(CCCC)Cc1nc(C(=O)NCCCC)cs1. The van der Waals surface area contributed by atoms with Gasteiger partial charge in [-0.25, -0.2) is 13.4 Å². The summed E-state index contributed by atoms with van der Waals surface area (Å²) in [5.74, 6) is 0.00877. The zero-order valence-electron chi connectivity index (χ0n) is 18.4. The van der Waals surface area contributed by atoms with E-state index in [0.717, 1.165) is 38.5 Å². The normalized spacial score (nSPS) is 11.9. The Morgan fingerprint density at radius 1 is 1.00 bits per heavy atom. The van der Waals surface area contributed by atoms with Gasteiger partial charge >= 0.3 is 0 Å². The van der Waals surface area contributed by atoms with Crippen LogP contribution in [0.3, 0.4) is 0 Å². The molecule has 0 atom stereocenters. The van der Waals surface area contributed by atoms with E-state index in [0.29, 0.717) is 30.2 Å². The van der Waals surface area contributed by atoms with E-state index in [1.54, 1.807) is 9.69 Å². The number of thiazole rings is 1. The second kappa shape index (κ2) is 14.9. The van der Waals surface area contributed by atoms with Crippen molar-refractivity contribution in [2.24, 2.45) is 0 Å². The van der Waals surface area contributed by atoms with Gasteiger partial charge in [-0.2, -0.15) is 4.31 Å². The lowest BCUT2D eigenvalue weighted by molar-refractivity contribution is 0.0948. The van der Waals surface area contributed by atoms with Crippen LogP contribution in [0, 0.1) is 0 Å². The van der Waals surface area contributed by atoms with Crippen molar-refractivity contribution in [2.75, 3.05) is 18.8 Å². The summed E-state index contributed by atoms with van der Waals surface area (Å²) in [5.41, 5.74) is 0.380. The monoisotopic (exact) mass is 445 g/mol. The summed E-state index contributed by atoms with van der Waals surface area (Å²) in [6.45, 7) is 7.70. The van der Waals surface area contributed by atoms with E-state index in [1.807, 2.05) is 0 Å². The molecule has 0 saturated heterocycles. The highest BCUT2D eigenvalue weighted by molar-refractivity contribution is 7.89. The highest BCUT2D eigenvalue weighted by Gasteiger charge is 2.23. The molecule has 1 aromatic heterocycles. The molecule has 1 heterocycles. The third kappa shape index (κ3) is 10.6. The van der Waals surface area contributed by atoms with Crippen molar-refractivity contribution < 1.29 is 13.2 Å². The van der Waals surface area contributed by atoms with E-state index in [1.165, 1.54) is 30.6 Å². The largest absolute Gasteiger partial charge is 0.351 e. The van der Waals surface area contributed by atoms with E-state index < -0.39 is 10.0 Å². The Hall–Kier alpha value is -0.990. The summed E-state index contributed by atoms with van der Waals surface area (Å²) in [5, 5.41) is 5.24. The van der Waals surface area contributed by atoms with Crippen LogP contribution in [-0.2, 0) is 16.6 Å². The Balaban J connectivity index is 2.64. The van der Waals surface area contributed by atoms with Crippen molar-refractivity contribution in [3.05, 3.63) is 16.1 Å². The van der Waals surface area contributed by atoms with Crippen LogP contribution in [0.25, 0.3) is 0 Å². The van der Waals surface area contributed by atoms with E-state index in [9.17, 15) is 13.2 Å². The minimum Gasteiger partial charge on any atom is -0.351 e. The molecule has 29 heavy (non-hydrogen) atoms. The summed E-state index contributed by atoms with van der Waals surface area (Å²) in [6, 6.07) is 0. The average Bonchev–Trinajstić information content (AvgIpc) is 3.16. The third-order valence-electron chi connectivity index (χ3n) is 4.82. The molecule has 0 saturated carbocycles. The predicted molar refractivity (Wildman–Crippen MR) is 122 cm³/mol. The molecule has 0 spiro atoms. The summed E-state index contributed by atoms with van der Waals surface area (Å²) >= 11 is 1.35. The van der Waals surface area contributed by atoms with Gasteiger partial charge in [0.25, 0.3) is 5.91 Å². The molecular weight excluding hydrogens is 406 g/mol. The van der Waals surface area contributed by atoms with Gasteiger partial charge in [-0.05, 0) is 19.3 Å². The van der Waals surface area contributed by atoms with Gasteiger partial charge in [-0.15, -0.1) is 11.3 Å². The van der Waals surface area contributed by atoms with Crippen LogP contribution in [0.2, 0.25) is 0 Å². The third-order valence-corrected chi connectivity index (χ3v) is 7.56. The summed E-state index contributed by atoms with van der Waals surface area (Å²) in [6.07, 6.45) is 10.1. The molecule has 168 valence electrons. The highest BCUT2D eigenvalue weighted by Crippen LogP contribution is 2.17. The number of nitrogens with zero attached hydrogens (tertiary/aromatic N) is 2. The number of unbranched alkanes of at least 4 members (excludes halogenated alkanes) is 7. The number of aromatic nitrogens is 1. The van der Waals surface area contributed by atoms with Crippen LogP contribution < -0.4 is 5.32 Å². The number of sulfonamides is 1. The van der Waals surface area contributed by atoms with Crippen molar-refractivity contribution in [2.45, 2.75) is 91.5 Å². The van der Waals surface area contributed by atoms with Crippen LogP contribution in [-0.4, -0.2) is 42.5 Å². The molecule has 8 heteroatoms. The molecule has 0 aromatic carbocycles. The smallest absolute Gasteiger partial charge is 0.270 e. The Morgan fingerprint density at radius 3 is 2.34 bits per heavy atom. The molecule has 0 aliphatic heterocycles. The molecule has 1 rings (SSSR count). The van der Waals surface area contributed by atoms with E-state index in [-0.39, 0.29) is 18.2 Å². The topological polar surface area (TPSA) is 79.4 Å². The first-order valence-corrected chi connectivity index (χ1v) is 13.6. The van der Waals surface area contributed by atoms with Crippen molar-refractivity contribution in [3.63, 3.8) is 0 Å². The molecule has 0 bridgehead atoms. The standard InChI is InChI=1S/C21H39N3O3S2/c1-4-7-10-11-12-13-16-29(26,27)24(15-9-6-3)17-20-23-19(18-28-20)21(25)22-14-8-5-2/h18H,4-17H2,1-3H3,(H,22,25). The Morgan fingerprint density at radius 2 is 1.66 bits per heavy atom. The lowest BCUT2D eigenvalue weighted by Crippen LogP contribution is -2.33. The molecule has 0 radical (unpaired) electrons. The average molecular weight is 446 g/mol. The van der Waals surface area contributed by atoms with Gasteiger partial charge in [-0.1, -0.05) is 65.7 Å². The van der Waals surface area contributed by atoms with Gasteiger partial charge in [-0.3, -0.25) is 4.79 Å². The van der Waals surface area contributed by atoms with Gasteiger partial charge < -0.3 is 5.32 Å². The van der Waals surface area contributed by atoms with E-state index >= 15 is 0 Å². The minimum absolute atomic E-state index is 0.184. The minimum atomic E-state index is -3.31. The van der Waals surface area contributed by atoms with Gasteiger partial charge in [0.05, 0.1) is 12.3 Å². The van der Waals surface area contributed by atoms with Crippen LogP contribution in [0.15, 0.2) is 5.38 Å². The Kier molecular flexibility index (Phi) is 13.4. The van der Waals surface area contributed by atoms with Crippen molar-refractivity contribution >= 4 is 27.3 Å². The molecule has 0 aliphatic rings. The number of amides is 1. The van der Waals surface area contributed by atoms with Gasteiger partial charge in [0.1, 0.15) is 10.7 Å². The van der Waals surface area contributed by atoms with Crippen molar-refractivity contribution in [3.8, 4) is 0 Å². The fourth-order valence-electron chi connectivity index (χ4n) is 2.95. The van der Waals surface area contributed by atoms with Crippen molar-refractivity contribution in [1.82, 2.24) is 14.6 Å². The number of hydrogen-bond acceptors (Lipinski definition) is 5. The zero-order chi connectivity index (χ0) is 21.5. The fourth-order valence-corrected chi connectivity index (χ4v) is 5.38. The molecular formula is C21H39N3O3S2. The van der Waals surface area contributed by atoms with Gasteiger partial charge in [0.2, 0.25) is 10.0 Å². The molecule has 0 aliphatic carbocycles. The summed E-state index contributed by atoms with van der Waals surface area (Å²) < 4.78 is 27.3. The maximum absolute atomic E-state index is 12.9. The van der Waals surface area contributed by atoms with E-state index in [4.69, 9.17) is 0 Å². The number of nitrogens with one attached hydrogen (secondary N) is 1. The molecule has 0 fully saturated rings. The first-order valence-electron chi connectivity index (χ1n) is 11.1.